The molecule has 3 N–H and O–H groups in total. The van der Waals surface area contributed by atoms with Crippen molar-refractivity contribution in [2.75, 3.05) is 47.8 Å². The van der Waals surface area contributed by atoms with Gasteiger partial charge in [-0.25, -0.2) is 18.2 Å². The van der Waals surface area contributed by atoms with E-state index in [0.717, 1.165) is 85.6 Å². The van der Waals surface area contributed by atoms with Crippen LogP contribution in [0.1, 0.15) is 98.8 Å². The van der Waals surface area contributed by atoms with E-state index in [1.807, 2.05) is 37.1 Å². The molecule has 1 spiro atoms. The Morgan fingerprint density at radius 2 is 1.72 bits per heavy atom. The number of urea groups is 1. The predicted octanol–water partition coefficient (Wildman–Crippen LogP) is 4.44. The molecule has 0 radical (unpaired) electrons. The highest BCUT2D eigenvalue weighted by atomic mass is 32.2. The number of aliphatic hydroxyl groups is 1. The number of hydrogen-bond donors (Lipinski definition) is 3. The van der Waals surface area contributed by atoms with Crippen molar-refractivity contribution in [3.05, 3.63) is 64.8 Å². The normalized spacial score (nSPS) is 24.1. The Morgan fingerprint density at radius 1 is 0.934 bits per heavy atom. The van der Waals surface area contributed by atoms with E-state index in [2.05, 4.69) is 37.7 Å². The number of piperidine rings is 2. The third kappa shape index (κ3) is 7.26. The molecular weight excluding hydrogens is 797 g/mol. The first kappa shape index (κ1) is 40.1. The van der Waals surface area contributed by atoms with Crippen molar-refractivity contribution in [2.24, 2.45) is 7.05 Å². The smallest absolute Gasteiger partial charge is 0.329 e. The van der Waals surface area contributed by atoms with Gasteiger partial charge in [-0.3, -0.25) is 34.3 Å². The van der Waals surface area contributed by atoms with Crippen LogP contribution in [-0.2, 0) is 38.6 Å². The Labute approximate surface area is 355 Å². The van der Waals surface area contributed by atoms with Crippen LogP contribution in [0.3, 0.4) is 0 Å². The molecule has 0 unspecified atom stereocenters. The van der Waals surface area contributed by atoms with Gasteiger partial charge in [-0.2, -0.15) is 14.4 Å². The van der Waals surface area contributed by atoms with E-state index in [1.54, 1.807) is 21.3 Å². The molecule has 16 nitrogen and oxygen atoms in total. The molecule has 322 valence electrons. The van der Waals surface area contributed by atoms with Crippen molar-refractivity contribution in [1.29, 1.82) is 0 Å². The molecule has 3 saturated heterocycles. The number of aryl methyl sites for hydroxylation is 2. The maximum atomic E-state index is 14.1. The monoisotopic (exact) mass is 850 g/mol. The Kier molecular flexibility index (Phi) is 10.2. The van der Waals surface area contributed by atoms with Crippen LogP contribution in [0.25, 0.3) is 10.9 Å². The lowest BCUT2D eigenvalue weighted by Crippen LogP contribution is -2.49. The molecule has 61 heavy (non-hydrogen) atoms. The lowest BCUT2D eigenvalue weighted by atomic mass is 9.88. The summed E-state index contributed by atoms with van der Waals surface area (Å²) in [6.45, 7) is 5.51. The second-order valence-corrected chi connectivity index (χ2v) is 20.0. The van der Waals surface area contributed by atoms with Crippen LogP contribution in [-0.4, -0.2) is 111 Å². The average Bonchev–Trinajstić information content (AvgIpc) is 3.94. The summed E-state index contributed by atoms with van der Waals surface area (Å²) in [5.41, 5.74) is 4.64. The molecule has 4 amide bonds. The summed E-state index contributed by atoms with van der Waals surface area (Å²) in [5, 5.41) is 21.7. The van der Waals surface area contributed by atoms with Gasteiger partial charge in [0, 0.05) is 68.9 Å². The van der Waals surface area contributed by atoms with E-state index in [0.29, 0.717) is 73.8 Å². The number of sulfonamides is 1. The molecular formula is C44H54N10O6S. The fourth-order valence-electron chi connectivity index (χ4n) is 10.4. The van der Waals surface area contributed by atoms with Crippen molar-refractivity contribution in [3.63, 3.8) is 0 Å². The number of hydrogen-bond acceptors (Lipinski definition) is 11. The van der Waals surface area contributed by atoms with Crippen LogP contribution in [0.2, 0.25) is 0 Å². The number of aromatic nitrogens is 4. The number of aliphatic hydroxyl groups excluding tert-OH is 1. The first-order chi connectivity index (χ1) is 29.4. The summed E-state index contributed by atoms with van der Waals surface area (Å²) >= 11 is 0. The van der Waals surface area contributed by atoms with Crippen LogP contribution >= 0.6 is 0 Å². The summed E-state index contributed by atoms with van der Waals surface area (Å²) < 4.78 is 31.5. The number of likely N-dealkylation sites (tertiary alicyclic amines) is 1. The van der Waals surface area contributed by atoms with Gasteiger partial charge in [0.2, 0.25) is 27.8 Å². The number of amides is 4. The summed E-state index contributed by atoms with van der Waals surface area (Å²) in [6, 6.07) is 11.3. The number of nitrogens with one attached hydrogen (secondary N) is 2. The van der Waals surface area contributed by atoms with E-state index < -0.39 is 27.6 Å². The summed E-state index contributed by atoms with van der Waals surface area (Å²) in [5.74, 6) is 1.86. The standard InChI is InChI=1S/C44H54N10O6S/c1-27-6-8-34(22-30(27)26-51-17-10-28(11-18-51)29-7-9-35-37(23-29)50(2)49-39(35)53-21-14-38(56)47-43(53)58)61(59,60)52-19-12-31(13-20-52)46-42-45-25-36-40(48-42)54(41(57)44(36)15-16-44)32-4-3-5-33(55)24-32/h6-9,22-23,25,28,31-33,55H,3-5,10-21,24,26H2,1-2H3,(H,45,46,48)(H,47,56,58)/t32-,33-/m1/s1. The molecule has 2 atom stereocenters. The minimum atomic E-state index is -3.72. The van der Waals surface area contributed by atoms with Crippen molar-refractivity contribution >= 4 is 56.4 Å². The Balaban J connectivity index is 0.754. The zero-order chi connectivity index (χ0) is 42.2. The predicted molar refractivity (Wildman–Crippen MR) is 229 cm³/mol. The minimum Gasteiger partial charge on any atom is -0.393 e. The Hall–Kier alpha value is -4.97. The van der Waals surface area contributed by atoms with E-state index in [9.17, 15) is 27.9 Å². The zero-order valence-electron chi connectivity index (χ0n) is 34.8. The van der Waals surface area contributed by atoms with Gasteiger partial charge in [-0.1, -0.05) is 12.1 Å². The number of imide groups is 1. The Morgan fingerprint density at radius 3 is 2.46 bits per heavy atom. The Bertz CT molecular complexity index is 2520. The molecule has 6 aliphatic rings. The third-order valence-electron chi connectivity index (χ3n) is 14.2. The first-order valence-corrected chi connectivity index (χ1v) is 23.4. The van der Waals surface area contributed by atoms with Crippen LogP contribution in [0.4, 0.5) is 22.4 Å². The summed E-state index contributed by atoms with van der Waals surface area (Å²) in [6.07, 6.45) is 9.42. The van der Waals surface area contributed by atoms with Crippen LogP contribution in [0.5, 0.6) is 0 Å². The van der Waals surface area contributed by atoms with Gasteiger partial charge < -0.3 is 10.4 Å². The largest absolute Gasteiger partial charge is 0.393 e. The molecule has 10 rings (SSSR count). The number of rotatable bonds is 9. The van der Waals surface area contributed by atoms with E-state index in [-0.39, 0.29) is 30.3 Å². The second-order valence-electron chi connectivity index (χ2n) is 18.1. The van der Waals surface area contributed by atoms with Crippen molar-refractivity contribution in [3.8, 4) is 0 Å². The number of carbonyl (C=O) groups is 3. The first-order valence-electron chi connectivity index (χ1n) is 21.9. The molecule has 4 aromatic rings. The molecule has 2 aromatic carbocycles. The number of benzene rings is 2. The van der Waals surface area contributed by atoms with Crippen molar-refractivity contribution in [1.82, 2.24) is 34.3 Å². The van der Waals surface area contributed by atoms with Gasteiger partial charge in [0.25, 0.3) is 0 Å². The average molecular weight is 851 g/mol. The molecule has 4 aliphatic heterocycles. The number of nitrogens with zero attached hydrogens (tertiary/aromatic N) is 8. The molecule has 2 aliphatic carbocycles. The van der Waals surface area contributed by atoms with Crippen LogP contribution in [0.15, 0.2) is 47.5 Å². The molecule has 6 heterocycles. The van der Waals surface area contributed by atoms with Gasteiger partial charge in [0.1, 0.15) is 5.82 Å². The van der Waals surface area contributed by atoms with E-state index in [1.165, 1.54) is 10.5 Å². The third-order valence-corrected chi connectivity index (χ3v) is 16.1. The summed E-state index contributed by atoms with van der Waals surface area (Å²) in [7, 11) is -1.84. The molecule has 0 bridgehead atoms. The number of anilines is 3. The van der Waals surface area contributed by atoms with Crippen molar-refractivity contribution in [2.45, 2.75) is 119 Å². The molecule has 5 fully saturated rings. The minimum absolute atomic E-state index is 0.0164. The topological polar surface area (TPSA) is 186 Å². The van der Waals surface area contributed by atoms with Crippen LogP contribution in [0, 0.1) is 6.92 Å². The lowest BCUT2D eigenvalue weighted by Gasteiger charge is -2.34. The number of fused-ring (bicyclic) bond motifs is 3. The quantitative estimate of drug-likeness (QED) is 0.216. The van der Waals surface area contributed by atoms with Gasteiger partial charge in [0.15, 0.2) is 5.82 Å². The maximum absolute atomic E-state index is 14.1. The highest BCUT2D eigenvalue weighted by Crippen LogP contribution is 2.57. The second kappa shape index (κ2) is 15.4. The molecule has 2 aromatic heterocycles. The zero-order valence-corrected chi connectivity index (χ0v) is 35.7. The molecule has 2 saturated carbocycles. The SMILES string of the molecule is Cc1ccc(S(=O)(=O)N2CCC(Nc3ncc4c(n3)N([C@@H]3CCC[C@@H](O)C3)C(=O)C43CC3)CC2)cc1CN1CCC(c2ccc3c(N4CCC(=O)NC4=O)nn(C)c3c2)CC1. The van der Waals surface area contributed by atoms with Gasteiger partial charge in [-0.15, -0.1) is 0 Å². The van der Waals surface area contributed by atoms with Gasteiger partial charge in [0.05, 0.1) is 21.9 Å². The maximum Gasteiger partial charge on any atom is 0.329 e. The fraction of sp³-hybridized carbons (Fsp3) is 0.545. The van der Waals surface area contributed by atoms with Crippen LogP contribution < -0.4 is 20.4 Å². The van der Waals surface area contributed by atoms with Gasteiger partial charge >= 0.3 is 6.03 Å². The van der Waals surface area contributed by atoms with E-state index >= 15 is 0 Å². The van der Waals surface area contributed by atoms with Gasteiger partial charge in [-0.05, 0) is 131 Å². The molecule has 17 heteroatoms. The lowest BCUT2D eigenvalue weighted by molar-refractivity contribution is -0.121. The highest BCUT2D eigenvalue weighted by Gasteiger charge is 2.61. The highest BCUT2D eigenvalue weighted by molar-refractivity contribution is 7.89. The van der Waals surface area contributed by atoms with E-state index in [4.69, 9.17) is 4.98 Å². The summed E-state index contributed by atoms with van der Waals surface area (Å²) in [4.78, 5) is 53.5. The fourth-order valence-corrected chi connectivity index (χ4v) is 11.9. The number of carbonyl (C=O) groups excluding carboxylic acids is 3. The van der Waals surface area contributed by atoms with Crippen molar-refractivity contribution < 1.29 is 27.9 Å².